The van der Waals surface area contributed by atoms with E-state index in [9.17, 15) is 19.2 Å². The molecule has 8 nitrogen and oxygen atoms in total. The number of urea groups is 1. The van der Waals surface area contributed by atoms with Crippen LogP contribution in [0.4, 0.5) is 4.79 Å². The highest BCUT2D eigenvalue weighted by Crippen LogP contribution is 2.45. The lowest BCUT2D eigenvalue weighted by atomic mass is 9.73. The van der Waals surface area contributed by atoms with Crippen molar-refractivity contribution in [2.45, 2.75) is 45.1 Å². The van der Waals surface area contributed by atoms with Crippen molar-refractivity contribution in [3.8, 4) is 0 Å². The first-order valence-electron chi connectivity index (χ1n) is 8.45. The molecule has 1 aromatic heterocycles. The van der Waals surface area contributed by atoms with Crippen LogP contribution in [0.5, 0.6) is 0 Å². The fraction of sp³-hybridized carbons (Fsp3) is 0.529. The number of carbonyl (C=O) groups is 4. The Balaban J connectivity index is 1.51. The van der Waals surface area contributed by atoms with Crippen LogP contribution in [0.25, 0.3) is 0 Å². The summed E-state index contributed by atoms with van der Waals surface area (Å²) in [5.41, 5.74) is -0.628. The predicted molar refractivity (Wildman–Crippen MR) is 85.9 cm³/mol. The Labute approximate surface area is 144 Å². The second-order valence-corrected chi connectivity index (χ2v) is 6.61. The van der Waals surface area contributed by atoms with E-state index in [2.05, 4.69) is 10.6 Å². The Bertz CT molecular complexity index is 676. The van der Waals surface area contributed by atoms with Crippen LogP contribution in [0.2, 0.25) is 0 Å². The number of likely N-dealkylation sites (tertiary alicyclic amines) is 1. The van der Waals surface area contributed by atoms with Gasteiger partial charge in [0.05, 0.1) is 18.2 Å². The summed E-state index contributed by atoms with van der Waals surface area (Å²) in [5.74, 6) is -0.750. The van der Waals surface area contributed by atoms with Crippen molar-refractivity contribution >= 4 is 23.8 Å². The molecule has 3 rings (SSSR count). The second-order valence-electron chi connectivity index (χ2n) is 6.61. The Morgan fingerprint density at radius 1 is 1.20 bits per heavy atom. The van der Waals surface area contributed by atoms with Crippen LogP contribution >= 0.6 is 0 Å². The molecule has 0 atom stereocenters. The largest absolute Gasteiger partial charge is 0.467 e. The number of amides is 5. The number of rotatable bonds is 4. The van der Waals surface area contributed by atoms with Gasteiger partial charge in [-0.15, -0.1) is 0 Å². The van der Waals surface area contributed by atoms with Gasteiger partial charge in [0.2, 0.25) is 17.7 Å². The van der Waals surface area contributed by atoms with E-state index in [1.165, 1.54) is 6.26 Å². The molecular formula is C17H21N3O5. The molecule has 0 radical (unpaired) electrons. The Morgan fingerprint density at radius 2 is 1.96 bits per heavy atom. The van der Waals surface area contributed by atoms with Crippen molar-refractivity contribution in [1.82, 2.24) is 15.5 Å². The fourth-order valence-corrected chi connectivity index (χ4v) is 3.57. The van der Waals surface area contributed by atoms with Gasteiger partial charge in [-0.1, -0.05) is 19.3 Å². The van der Waals surface area contributed by atoms with E-state index in [-0.39, 0.29) is 24.8 Å². The first kappa shape index (κ1) is 17.2. The summed E-state index contributed by atoms with van der Waals surface area (Å²) in [4.78, 5) is 49.5. The van der Waals surface area contributed by atoms with E-state index >= 15 is 0 Å². The smallest absolute Gasteiger partial charge is 0.321 e. The lowest BCUT2D eigenvalue weighted by Crippen LogP contribution is -2.46. The van der Waals surface area contributed by atoms with Gasteiger partial charge in [0.1, 0.15) is 12.3 Å². The van der Waals surface area contributed by atoms with E-state index in [4.69, 9.17) is 4.42 Å². The van der Waals surface area contributed by atoms with Crippen molar-refractivity contribution in [3.05, 3.63) is 24.2 Å². The van der Waals surface area contributed by atoms with Crippen LogP contribution in [0.15, 0.2) is 22.8 Å². The van der Waals surface area contributed by atoms with Gasteiger partial charge in [-0.25, -0.2) is 4.79 Å². The third kappa shape index (κ3) is 3.72. The van der Waals surface area contributed by atoms with Crippen molar-refractivity contribution in [2.24, 2.45) is 5.41 Å². The van der Waals surface area contributed by atoms with E-state index in [0.717, 1.165) is 24.2 Å². The van der Waals surface area contributed by atoms with Gasteiger partial charge in [-0.3, -0.25) is 24.6 Å². The molecular weight excluding hydrogens is 326 g/mol. The van der Waals surface area contributed by atoms with E-state index in [0.29, 0.717) is 18.6 Å². The molecule has 1 aromatic rings. The topological polar surface area (TPSA) is 109 Å². The summed E-state index contributed by atoms with van der Waals surface area (Å²) in [7, 11) is 0. The molecule has 1 spiro atoms. The van der Waals surface area contributed by atoms with Crippen molar-refractivity contribution in [1.29, 1.82) is 0 Å². The standard InChI is InChI=1S/C17H21N3O5/c21-13(19-16(24)18-10-12-5-4-8-25-12)11-20-14(22)9-17(15(20)23)6-2-1-3-7-17/h4-5,8H,1-3,6-7,9-11H2,(H2,18,19,21,24). The number of hydrogen-bond donors (Lipinski definition) is 2. The zero-order chi connectivity index (χ0) is 17.9. The highest BCUT2D eigenvalue weighted by molar-refractivity contribution is 6.09. The minimum absolute atomic E-state index is 0.136. The first-order valence-corrected chi connectivity index (χ1v) is 8.45. The Kier molecular flexibility index (Phi) is 4.87. The minimum atomic E-state index is -0.701. The monoisotopic (exact) mass is 347 g/mol. The van der Waals surface area contributed by atoms with Crippen LogP contribution in [0.3, 0.4) is 0 Å². The van der Waals surface area contributed by atoms with Gasteiger partial charge in [0.25, 0.3) is 0 Å². The van der Waals surface area contributed by atoms with Crippen LogP contribution < -0.4 is 10.6 Å². The lowest BCUT2D eigenvalue weighted by Gasteiger charge is -2.30. The van der Waals surface area contributed by atoms with Gasteiger partial charge in [-0.2, -0.15) is 0 Å². The van der Waals surface area contributed by atoms with Gasteiger partial charge >= 0.3 is 6.03 Å². The first-order chi connectivity index (χ1) is 12.0. The number of hydrogen-bond acceptors (Lipinski definition) is 5. The molecule has 0 aromatic carbocycles. The Morgan fingerprint density at radius 3 is 2.64 bits per heavy atom. The number of carbonyl (C=O) groups excluding carboxylic acids is 4. The van der Waals surface area contributed by atoms with Crippen molar-refractivity contribution in [2.75, 3.05) is 6.54 Å². The zero-order valence-electron chi connectivity index (χ0n) is 13.9. The minimum Gasteiger partial charge on any atom is -0.467 e. The normalized spacial score (nSPS) is 19.3. The third-order valence-electron chi connectivity index (χ3n) is 4.86. The lowest BCUT2D eigenvalue weighted by molar-refractivity contribution is -0.145. The van der Waals surface area contributed by atoms with Crippen LogP contribution in [0.1, 0.15) is 44.3 Å². The summed E-state index contributed by atoms with van der Waals surface area (Å²) < 4.78 is 5.06. The molecule has 2 heterocycles. The molecule has 25 heavy (non-hydrogen) atoms. The fourth-order valence-electron chi connectivity index (χ4n) is 3.57. The second kappa shape index (κ2) is 7.08. The maximum Gasteiger partial charge on any atom is 0.321 e. The maximum atomic E-state index is 12.6. The number of nitrogens with zero attached hydrogens (tertiary/aromatic N) is 1. The van der Waals surface area contributed by atoms with E-state index < -0.39 is 23.9 Å². The van der Waals surface area contributed by atoms with Crippen molar-refractivity contribution in [3.63, 3.8) is 0 Å². The van der Waals surface area contributed by atoms with Crippen LogP contribution in [-0.4, -0.2) is 35.2 Å². The van der Waals surface area contributed by atoms with Crippen molar-refractivity contribution < 1.29 is 23.6 Å². The number of imide groups is 2. The Hall–Kier alpha value is -2.64. The molecule has 0 unspecified atom stereocenters. The summed E-state index contributed by atoms with van der Waals surface area (Å²) in [6, 6.07) is 2.67. The van der Waals surface area contributed by atoms with Gasteiger partial charge in [-0.05, 0) is 25.0 Å². The summed E-state index contributed by atoms with van der Waals surface area (Å²) >= 11 is 0. The van der Waals surface area contributed by atoms with E-state index in [1.807, 2.05) is 0 Å². The average Bonchev–Trinajstić information content (AvgIpc) is 3.17. The van der Waals surface area contributed by atoms with Crippen LogP contribution in [0, 0.1) is 5.41 Å². The van der Waals surface area contributed by atoms with Gasteiger partial charge in [0.15, 0.2) is 0 Å². The molecule has 1 saturated heterocycles. The van der Waals surface area contributed by atoms with E-state index in [1.54, 1.807) is 12.1 Å². The number of furan rings is 1. The quantitative estimate of drug-likeness (QED) is 0.798. The molecule has 8 heteroatoms. The average molecular weight is 347 g/mol. The highest BCUT2D eigenvalue weighted by Gasteiger charge is 2.51. The predicted octanol–water partition coefficient (Wildman–Crippen LogP) is 1.31. The third-order valence-corrected chi connectivity index (χ3v) is 4.86. The van der Waals surface area contributed by atoms with Gasteiger partial charge < -0.3 is 9.73 Å². The summed E-state index contributed by atoms with van der Waals surface area (Å²) in [5, 5.41) is 4.59. The summed E-state index contributed by atoms with van der Waals surface area (Å²) in [6.07, 6.45) is 5.95. The molecule has 1 saturated carbocycles. The zero-order valence-corrected chi connectivity index (χ0v) is 13.9. The molecule has 1 aliphatic heterocycles. The van der Waals surface area contributed by atoms with Crippen LogP contribution in [-0.2, 0) is 20.9 Å². The maximum absolute atomic E-state index is 12.6. The molecule has 0 bridgehead atoms. The molecule has 2 fully saturated rings. The molecule has 2 N–H and O–H groups in total. The SMILES string of the molecule is O=C(CN1C(=O)CC2(CCCCC2)C1=O)NC(=O)NCc1ccco1. The molecule has 134 valence electrons. The number of nitrogens with one attached hydrogen (secondary N) is 2. The highest BCUT2D eigenvalue weighted by atomic mass is 16.3. The molecule has 1 aliphatic carbocycles. The molecule has 5 amide bonds. The summed E-state index contributed by atoms with van der Waals surface area (Å²) in [6.45, 7) is -0.287. The molecule has 2 aliphatic rings. The van der Waals surface area contributed by atoms with Gasteiger partial charge in [0, 0.05) is 6.42 Å².